The van der Waals surface area contributed by atoms with Gasteiger partial charge in [-0.1, -0.05) is 42.5 Å². The summed E-state index contributed by atoms with van der Waals surface area (Å²) in [6.07, 6.45) is 3.34. The van der Waals surface area contributed by atoms with Crippen LogP contribution >= 0.6 is 0 Å². The van der Waals surface area contributed by atoms with E-state index in [0.29, 0.717) is 0 Å². The Morgan fingerprint density at radius 2 is 1.61 bits per heavy atom. The number of aryl methyl sites for hydroxylation is 1. The Kier molecular flexibility index (Phi) is 4.65. The van der Waals surface area contributed by atoms with E-state index in [9.17, 15) is 0 Å². The number of para-hydroxylation sites is 2. The highest BCUT2D eigenvalue weighted by atomic mass is 15.3. The molecule has 6 nitrogen and oxygen atoms in total. The second kappa shape index (κ2) is 7.78. The van der Waals surface area contributed by atoms with Gasteiger partial charge in [-0.15, -0.1) is 0 Å². The lowest BCUT2D eigenvalue weighted by molar-refractivity contribution is 0.244. The van der Waals surface area contributed by atoms with E-state index in [0.717, 1.165) is 79.6 Å². The molecule has 0 amide bonds. The van der Waals surface area contributed by atoms with Crippen LogP contribution in [0, 0.1) is 0 Å². The van der Waals surface area contributed by atoms with Crippen molar-refractivity contribution in [3.63, 3.8) is 0 Å². The lowest BCUT2D eigenvalue weighted by Gasteiger charge is -2.36. The van der Waals surface area contributed by atoms with Gasteiger partial charge in [0, 0.05) is 43.0 Å². The van der Waals surface area contributed by atoms with Crippen molar-refractivity contribution in [2.75, 3.05) is 31.1 Å². The fraction of sp³-hybridized carbons (Fsp3) is 0.320. The monoisotopic (exact) mass is 410 g/mol. The standard InChI is InChI=1S/C25H26N6/c1-2-7-18(8-3-1)24-28-20-12-6-9-19(20)25(29-24)31-15-13-30(14-16-31)17-23-26-21-10-4-5-11-22(21)27-23/h1-5,7-8,10-11H,6,9,12-17H2,(H,26,27). The first-order valence-corrected chi connectivity index (χ1v) is 11.2. The molecule has 1 N–H and O–H groups in total. The SMILES string of the molecule is c1ccc(-c2nc3c(c(N4CCN(Cc5nc6ccccc6[nH]5)CC4)n2)CCC3)cc1. The van der Waals surface area contributed by atoms with Gasteiger partial charge in [0.15, 0.2) is 5.82 Å². The topological polar surface area (TPSA) is 60.9 Å². The van der Waals surface area contributed by atoms with Gasteiger partial charge in [0.25, 0.3) is 0 Å². The zero-order chi connectivity index (χ0) is 20.6. The Hall–Kier alpha value is -3.25. The van der Waals surface area contributed by atoms with E-state index in [4.69, 9.17) is 15.0 Å². The first-order chi connectivity index (χ1) is 15.3. The summed E-state index contributed by atoms with van der Waals surface area (Å²) in [5, 5.41) is 0. The number of rotatable bonds is 4. The van der Waals surface area contributed by atoms with Crippen LogP contribution in [0.3, 0.4) is 0 Å². The summed E-state index contributed by atoms with van der Waals surface area (Å²) in [6.45, 7) is 4.85. The third-order valence-corrected chi connectivity index (χ3v) is 6.43. The van der Waals surface area contributed by atoms with Gasteiger partial charge in [-0.2, -0.15) is 0 Å². The molecule has 0 spiro atoms. The average Bonchev–Trinajstić information content (AvgIpc) is 3.46. The number of hydrogen-bond acceptors (Lipinski definition) is 5. The van der Waals surface area contributed by atoms with Gasteiger partial charge >= 0.3 is 0 Å². The van der Waals surface area contributed by atoms with Crippen LogP contribution in [0.5, 0.6) is 0 Å². The molecule has 0 radical (unpaired) electrons. The van der Waals surface area contributed by atoms with E-state index in [1.165, 1.54) is 17.7 Å². The number of H-pyrrole nitrogens is 1. The van der Waals surface area contributed by atoms with Gasteiger partial charge in [-0.05, 0) is 31.4 Å². The first-order valence-electron chi connectivity index (χ1n) is 11.2. The molecule has 4 aromatic rings. The number of anilines is 1. The highest BCUT2D eigenvalue weighted by molar-refractivity contribution is 5.74. The third-order valence-electron chi connectivity index (χ3n) is 6.43. The Morgan fingerprint density at radius 3 is 2.45 bits per heavy atom. The summed E-state index contributed by atoms with van der Waals surface area (Å²) in [4.78, 5) is 23.1. The number of hydrogen-bond donors (Lipinski definition) is 1. The smallest absolute Gasteiger partial charge is 0.161 e. The van der Waals surface area contributed by atoms with Crippen molar-refractivity contribution in [1.82, 2.24) is 24.8 Å². The molecule has 0 unspecified atom stereocenters. The van der Waals surface area contributed by atoms with E-state index < -0.39 is 0 Å². The summed E-state index contributed by atoms with van der Waals surface area (Å²) in [5.74, 6) is 3.06. The normalized spacial score (nSPS) is 16.7. The molecule has 2 aromatic carbocycles. The highest BCUT2D eigenvalue weighted by Gasteiger charge is 2.26. The molecule has 1 fully saturated rings. The Balaban J connectivity index is 1.20. The molecular formula is C25H26N6. The summed E-state index contributed by atoms with van der Waals surface area (Å²) in [5.41, 5.74) is 5.86. The molecule has 6 heteroatoms. The van der Waals surface area contributed by atoms with Crippen molar-refractivity contribution in [3.8, 4) is 11.4 Å². The molecule has 1 saturated heterocycles. The minimum absolute atomic E-state index is 0.861. The Bertz CT molecular complexity index is 1170. The number of nitrogens with zero attached hydrogens (tertiary/aromatic N) is 5. The zero-order valence-electron chi connectivity index (χ0n) is 17.6. The van der Waals surface area contributed by atoms with Gasteiger partial charge < -0.3 is 9.88 Å². The van der Waals surface area contributed by atoms with Gasteiger partial charge in [-0.3, -0.25) is 4.90 Å². The van der Waals surface area contributed by atoms with Crippen LogP contribution in [-0.2, 0) is 19.4 Å². The van der Waals surface area contributed by atoms with E-state index in [1.807, 2.05) is 18.2 Å². The van der Waals surface area contributed by atoms with Crippen LogP contribution in [0.1, 0.15) is 23.5 Å². The lowest BCUT2D eigenvalue weighted by Crippen LogP contribution is -2.46. The van der Waals surface area contributed by atoms with Crippen molar-refractivity contribution < 1.29 is 0 Å². The minimum atomic E-state index is 0.861. The maximum Gasteiger partial charge on any atom is 0.161 e. The van der Waals surface area contributed by atoms with Crippen LogP contribution in [0.2, 0.25) is 0 Å². The van der Waals surface area contributed by atoms with Gasteiger partial charge in [-0.25, -0.2) is 15.0 Å². The number of nitrogens with one attached hydrogen (secondary N) is 1. The van der Waals surface area contributed by atoms with Gasteiger partial charge in [0.2, 0.25) is 0 Å². The second-order valence-electron chi connectivity index (χ2n) is 8.48. The van der Waals surface area contributed by atoms with Crippen molar-refractivity contribution in [1.29, 1.82) is 0 Å². The van der Waals surface area contributed by atoms with Crippen molar-refractivity contribution >= 4 is 16.9 Å². The summed E-state index contributed by atoms with van der Waals surface area (Å²) >= 11 is 0. The van der Waals surface area contributed by atoms with E-state index in [-0.39, 0.29) is 0 Å². The van der Waals surface area contributed by atoms with Gasteiger partial charge in [0.1, 0.15) is 11.6 Å². The van der Waals surface area contributed by atoms with Gasteiger partial charge in [0.05, 0.1) is 17.6 Å². The van der Waals surface area contributed by atoms with Crippen LogP contribution in [0.15, 0.2) is 54.6 Å². The number of fused-ring (bicyclic) bond motifs is 2. The quantitative estimate of drug-likeness (QED) is 0.554. The number of aromatic amines is 1. The number of benzene rings is 2. The molecule has 6 rings (SSSR count). The van der Waals surface area contributed by atoms with E-state index in [2.05, 4.69) is 51.2 Å². The van der Waals surface area contributed by atoms with Crippen molar-refractivity contribution in [2.24, 2.45) is 0 Å². The molecule has 0 saturated carbocycles. The fourth-order valence-electron chi connectivity index (χ4n) is 4.80. The molecule has 2 aliphatic rings. The third kappa shape index (κ3) is 3.57. The number of aromatic nitrogens is 4. The summed E-state index contributed by atoms with van der Waals surface area (Å²) in [6, 6.07) is 18.6. The molecule has 3 heterocycles. The predicted molar refractivity (Wildman–Crippen MR) is 123 cm³/mol. The Labute approximate surface area is 182 Å². The molecule has 0 bridgehead atoms. The number of piperazine rings is 1. The van der Waals surface area contributed by atoms with Crippen molar-refractivity contribution in [3.05, 3.63) is 71.7 Å². The summed E-state index contributed by atoms with van der Waals surface area (Å²) < 4.78 is 0. The molecule has 156 valence electrons. The second-order valence-corrected chi connectivity index (χ2v) is 8.48. The average molecular weight is 411 g/mol. The molecule has 2 aromatic heterocycles. The maximum atomic E-state index is 5.05. The largest absolute Gasteiger partial charge is 0.354 e. The zero-order valence-corrected chi connectivity index (χ0v) is 17.6. The summed E-state index contributed by atoms with van der Waals surface area (Å²) in [7, 11) is 0. The van der Waals surface area contributed by atoms with Crippen LogP contribution in [0.4, 0.5) is 5.82 Å². The minimum Gasteiger partial charge on any atom is -0.354 e. The van der Waals surface area contributed by atoms with Crippen LogP contribution in [0.25, 0.3) is 22.4 Å². The molecule has 1 aliphatic heterocycles. The van der Waals surface area contributed by atoms with E-state index >= 15 is 0 Å². The van der Waals surface area contributed by atoms with Crippen molar-refractivity contribution in [2.45, 2.75) is 25.8 Å². The molecule has 0 atom stereocenters. The fourth-order valence-corrected chi connectivity index (χ4v) is 4.80. The lowest BCUT2D eigenvalue weighted by atomic mass is 10.1. The van der Waals surface area contributed by atoms with Crippen LogP contribution in [-0.4, -0.2) is 51.0 Å². The molecule has 31 heavy (non-hydrogen) atoms. The molecular weight excluding hydrogens is 384 g/mol. The van der Waals surface area contributed by atoms with E-state index in [1.54, 1.807) is 0 Å². The molecule has 1 aliphatic carbocycles. The predicted octanol–water partition coefficient (Wildman–Crippen LogP) is 3.83. The van der Waals surface area contributed by atoms with Crippen LogP contribution < -0.4 is 4.90 Å². The first kappa shape index (κ1) is 18.5. The Morgan fingerprint density at radius 1 is 0.806 bits per heavy atom. The highest BCUT2D eigenvalue weighted by Crippen LogP contribution is 2.32. The number of imidazole rings is 1. The maximum absolute atomic E-state index is 5.05.